The molecule has 0 spiro atoms. The van der Waals surface area contributed by atoms with Crippen LogP contribution in [0.2, 0.25) is 5.02 Å². The van der Waals surface area contributed by atoms with Crippen LogP contribution < -0.4 is 18.4 Å². The Morgan fingerprint density at radius 2 is 1.69 bits per heavy atom. The van der Waals surface area contributed by atoms with E-state index in [1.54, 1.807) is 37.3 Å². The smallest absolute Gasteiger partial charge is 0.339 e. The third-order valence-electron chi connectivity index (χ3n) is 5.40. The van der Waals surface area contributed by atoms with Crippen molar-refractivity contribution in [3.8, 4) is 23.0 Å². The Morgan fingerprint density at radius 3 is 2.38 bits per heavy atom. The van der Waals surface area contributed by atoms with E-state index < -0.39 is 21.3 Å². The molecule has 9 nitrogen and oxygen atoms in total. The normalized spacial score (nSPS) is 14.5. The molecule has 1 saturated heterocycles. The predicted molar refractivity (Wildman–Crippen MR) is 148 cm³/mol. The molecule has 0 atom stereocenters. The molecule has 0 saturated carbocycles. The molecule has 0 N–H and O–H groups in total. The van der Waals surface area contributed by atoms with E-state index in [0.717, 1.165) is 16.7 Å². The lowest BCUT2D eigenvalue weighted by Gasteiger charge is -2.14. The fourth-order valence-corrected chi connectivity index (χ4v) is 5.51. The van der Waals surface area contributed by atoms with E-state index >= 15 is 0 Å². The number of carbonyl (C=O) groups is 2. The highest BCUT2D eigenvalue weighted by atomic mass is 35.5. The second-order valence-electron chi connectivity index (χ2n) is 7.96. The zero-order valence-corrected chi connectivity index (χ0v) is 23.3. The van der Waals surface area contributed by atoms with Crippen molar-refractivity contribution < 1.29 is 36.4 Å². The zero-order chi connectivity index (χ0) is 28.0. The first-order valence-corrected chi connectivity index (χ1v) is 14.3. The number of nitrogens with zero attached hydrogens (tertiary/aromatic N) is 1. The van der Waals surface area contributed by atoms with Crippen LogP contribution in [0.3, 0.4) is 0 Å². The van der Waals surface area contributed by atoms with Crippen LogP contribution in [-0.2, 0) is 14.9 Å². The maximum absolute atomic E-state index is 12.9. The van der Waals surface area contributed by atoms with Gasteiger partial charge in [-0.3, -0.25) is 14.5 Å². The maximum atomic E-state index is 12.9. The van der Waals surface area contributed by atoms with Crippen molar-refractivity contribution in [2.75, 3.05) is 26.9 Å². The number of thioether (sulfide) groups is 1. The first-order chi connectivity index (χ1) is 18.7. The highest BCUT2D eigenvalue weighted by Crippen LogP contribution is 2.36. The van der Waals surface area contributed by atoms with Crippen molar-refractivity contribution in [3.63, 3.8) is 0 Å². The summed E-state index contributed by atoms with van der Waals surface area (Å²) in [5.74, 6) is 0.644. The first-order valence-electron chi connectivity index (χ1n) is 11.7. The first kappa shape index (κ1) is 28.3. The van der Waals surface area contributed by atoms with Gasteiger partial charge in [-0.1, -0.05) is 29.8 Å². The van der Waals surface area contributed by atoms with Gasteiger partial charge in [0.1, 0.15) is 23.0 Å². The van der Waals surface area contributed by atoms with Crippen LogP contribution in [0.4, 0.5) is 4.79 Å². The standard InChI is InChI=1S/C27H24ClNO8S2/c1-3-35-24-16-18(8-13-23(24)37-39(32,33)20-11-9-19(34-2)10-12-20)17-25-26(30)29(27(31)38-25)14-15-36-22-7-5-4-6-21(22)28/h4-13,16-17H,3,14-15H2,1-2H3/b25-17-. The van der Waals surface area contributed by atoms with Gasteiger partial charge in [0.2, 0.25) is 0 Å². The Morgan fingerprint density at radius 1 is 0.949 bits per heavy atom. The molecule has 204 valence electrons. The summed E-state index contributed by atoms with van der Waals surface area (Å²) in [5, 5.41) is 0.00504. The number of hydrogen-bond donors (Lipinski definition) is 0. The van der Waals surface area contributed by atoms with Gasteiger partial charge in [0.05, 0.1) is 30.2 Å². The molecular formula is C27H24ClNO8S2. The fourth-order valence-electron chi connectivity index (χ4n) is 3.51. The average molecular weight is 590 g/mol. The quantitative estimate of drug-likeness (QED) is 0.208. The number of para-hydroxylation sites is 1. The molecule has 0 unspecified atom stereocenters. The molecule has 3 aromatic rings. The minimum absolute atomic E-state index is 0.0188. The third kappa shape index (κ3) is 6.86. The molecule has 0 aliphatic carbocycles. The minimum atomic E-state index is -4.15. The maximum Gasteiger partial charge on any atom is 0.339 e. The van der Waals surface area contributed by atoms with Crippen LogP contribution in [-0.4, -0.2) is 51.3 Å². The zero-order valence-electron chi connectivity index (χ0n) is 21.0. The molecule has 1 aliphatic heterocycles. The van der Waals surface area contributed by atoms with Gasteiger partial charge in [0.25, 0.3) is 11.1 Å². The Bertz CT molecular complexity index is 1510. The second kappa shape index (κ2) is 12.5. The van der Waals surface area contributed by atoms with E-state index in [-0.39, 0.29) is 41.1 Å². The van der Waals surface area contributed by atoms with Crippen LogP contribution >= 0.6 is 23.4 Å². The molecule has 12 heteroatoms. The largest absolute Gasteiger partial charge is 0.497 e. The van der Waals surface area contributed by atoms with Crippen molar-refractivity contribution in [3.05, 3.63) is 82.2 Å². The van der Waals surface area contributed by atoms with E-state index in [1.165, 1.54) is 49.6 Å². The number of imide groups is 1. The van der Waals surface area contributed by atoms with Crippen molar-refractivity contribution in [1.29, 1.82) is 0 Å². The van der Waals surface area contributed by atoms with Crippen LogP contribution in [0.1, 0.15) is 12.5 Å². The molecule has 1 fully saturated rings. The third-order valence-corrected chi connectivity index (χ3v) is 7.86. The lowest BCUT2D eigenvalue weighted by molar-refractivity contribution is -0.123. The summed E-state index contributed by atoms with van der Waals surface area (Å²) in [6.45, 7) is 2.11. The number of methoxy groups -OCH3 is 1. The lowest BCUT2D eigenvalue weighted by Crippen LogP contribution is -2.32. The molecule has 1 heterocycles. The average Bonchev–Trinajstić information content (AvgIpc) is 3.18. The SMILES string of the molecule is CCOc1cc(/C=C2\SC(=O)N(CCOc3ccccc3Cl)C2=O)ccc1OS(=O)(=O)c1ccc(OC)cc1. The summed E-state index contributed by atoms with van der Waals surface area (Å²) in [7, 11) is -2.67. The van der Waals surface area contributed by atoms with Crippen molar-refractivity contribution in [2.45, 2.75) is 11.8 Å². The van der Waals surface area contributed by atoms with Gasteiger partial charge in [-0.15, -0.1) is 0 Å². The van der Waals surface area contributed by atoms with E-state index in [4.69, 9.17) is 30.0 Å². The summed E-state index contributed by atoms with van der Waals surface area (Å²) in [6, 6.07) is 17.2. The summed E-state index contributed by atoms with van der Waals surface area (Å²) in [5.41, 5.74) is 0.519. The van der Waals surface area contributed by atoms with Crippen LogP contribution in [0.25, 0.3) is 6.08 Å². The monoisotopic (exact) mass is 589 g/mol. The minimum Gasteiger partial charge on any atom is -0.497 e. The van der Waals surface area contributed by atoms with Crippen molar-refractivity contribution in [1.82, 2.24) is 4.90 Å². The molecular weight excluding hydrogens is 566 g/mol. The van der Waals surface area contributed by atoms with Gasteiger partial charge >= 0.3 is 10.1 Å². The van der Waals surface area contributed by atoms with Gasteiger partial charge in [0.15, 0.2) is 11.5 Å². The molecule has 4 rings (SSSR count). The Balaban J connectivity index is 1.48. The van der Waals surface area contributed by atoms with E-state index in [2.05, 4.69) is 0 Å². The summed E-state index contributed by atoms with van der Waals surface area (Å²) in [4.78, 5) is 26.6. The Kier molecular flexibility index (Phi) is 9.05. The van der Waals surface area contributed by atoms with Gasteiger partial charge in [-0.25, -0.2) is 0 Å². The van der Waals surface area contributed by atoms with Gasteiger partial charge in [0, 0.05) is 0 Å². The molecule has 0 radical (unpaired) electrons. The molecule has 3 aromatic carbocycles. The lowest BCUT2D eigenvalue weighted by atomic mass is 10.2. The van der Waals surface area contributed by atoms with Crippen molar-refractivity contribution in [2.24, 2.45) is 0 Å². The van der Waals surface area contributed by atoms with E-state index in [1.807, 2.05) is 0 Å². The molecule has 39 heavy (non-hydrogen) atoms. The molecule has 0 bridgehead atoms. The van der Waals surface area contributed by atoms with Gasteiger partial charge in [-0.2, -0.15) is 8.42 Å². The van der Waals surface area contributed by atoms with Gasteiger partial charge < -0.3 is 18.4 Å². The van der Waals surface area contributed by atoms with Crippen LogP contribution in [0, 0.1) is 0 Å². The number of ether oxygens (including phenoxy) is 3. The van der Waals surface area contributed by atoms with Crippen LogP contribution in [0.15, 0.2) is 76.5 Å². The van der Waals surface area contributed by atoms with Crippen molar-refractivity contribution >= 4 is 50.7 Å². The van der Waals surface area contributed by atoms with E-state index in [9.17, 15) is 18.0 Å². The second-order valence-corrected chi connectivity index (χ2v) is 10.9. The summed E-state index contributed by atoms with van der Waals surface area (Å²) >= 11 is 6.87. The van der Waals surface area contributed by atoms with Crippen LogP contribution in [0.5, 0.6) is 23.0 Å². The summed E-state index contributed by atoms with van der Waals surface area (Å²) in [6.07, 6.45) is 1.53. The topological polar surface area (TPSA) is 108 Å². The van der Waals surface area contributed by atoms with Gasteiger partial charge in [-0.05, 0) is 78.9 Å². The number of amides is 2. The summed E-state index contributed by atoms with van der Waals surface area (Å²) < 4.78 is 47.2. The highest BCUT2D eigenvalue weighted by molar-refractivity contribution is 8.18. The number of hydrogen-bond acceptors (Lipinski definition) is 9. The fraction of sp³-hybridized carbons (Fsp3) is 0.185. The highest BCUT2D eigenvalue weighted by Gasteiger charge is 2.35. The van der Waals surface area contributed by atoms with E-state index in [0.29, 0.717) is 22.1 Å². The predicted octanol–water partition coefficient (Wildman–Crippen LogP) is 5.63. The number of carbonyl (C=O) groups excluding carboxylic acids is 2. The Labute approximate surface area is 235 Å². The molecule has 1 aliphatic rings. The number of halogens is 1. The molecule has 0 aromatic heterocycles. The number of rotatable bonds is 11. The Hall–Kier alpha value is -3.67. The number of benzene rings is 3. The molecule has 2 amide bonds.